The molecule has 3 heterocycles. The van der Waals surface area contributed by atoms with Crippen molar-refractivity contribution in [2.45, 2.75) is 0 Å². The molecule has 55 heavy (non-hydrogen) atoms. The summed E-state index contributed by atoms with van der Waals surface area (Å²) < 4.78 is 11.1. The van der Waals surface area contributed by atoms with Gasteiger partial charge < -0.3 is 13.6 Å². The Kier molecular flexibility index (Phi) is 6.61. The molecule has 0 aliphatic heterocycles. The zero-order valence-electron chi connectivity index (χ0n) is 29.4. The number of nitrogens with zero attached hydrogens (tertiary/aromatic N) is 4. The van der Waals surface area contributed by atoms with Crippen molar-refractivity contribution in [3.63, 3.8) is 0 Å². The van der Waals surface area contributed by atoms with E-state index >= 15 is 0 Å². The highest BCUT2D eigenvalue weighted by Gasteiger charge is 2.20. The molecule has 0 aliphatic rings. The summed E-state index contributed by atoms with van der Waals surface area (Å²) >= 11 is 0. The largest absolute Gasteiger partial charge is 0.455 e. The van der Waals surface area contributed by atoms with Crippen molar-refractivity contribution in [1.29, 1.82) is 5.26 Å². The van der Waals surface area contributed by atoms with Crippen LogP contribution in [0.1, 0.15) is 5.56 Å². The average Bonchev–Trinajstić information content (AvgIpc) is 3.91. The molecule has 0 aliphatic carbocycles. The van der Waals surface area contributed by atoms with E-state index in [9.17, 15) is 5.26 Å². The summed E-state index contributed by atoms with van der Waals surface area (Å²) in [6.45, 7) is 7.55. The van der Waals surface area contributed by atoms with Gasteiger partial charge in [-0.25, -0.2) is 4.85 Å². The molecule has 0 amide bonds. The summed E-state index contributed by atoms with van der Waals surface area (Å²) in [5.74, 6) is 0. The van der Waals surface area contributed by atoms with Crippen LogP contribution in [0.2, 0.25) is 0 Å². The van der Waals surface area contributed by atoms with Gasteiger partial charge in [0, 0.05) is 38.3 Å². The minimum atomic E-state index is 0.573. The molecule has 0 bridgehead atoms. The van der Waals surface area contributed by atoms with Gasteiger partial charge in [-0.3, -0.25) is 0 Å². The molecule has 11 aromatic rings. The maximum Gasteiger partial charge on any atom is 0.188 e. The third kappa shape index (κ3) is 4.58. The number of benzene rings is 8. The highest BCUT2D eigenvalue weighted by atomic mass is 16.3. The van der Waals surface area contributed by atoms with Crippen LogP contribution < -0.4 is 0 Å². The second kappa shape index (κ2) is 11.8. The predicted molar refractivity (Wildman–Crippen MR) is 224 cm³/mol. The molecule has 5 nitrogen and oxygen atoms in total. The van der Waals surface area contributed by atoms with Crippen LogP contribution in [0.5, 0.6) is 0 Å². The Bertz CT molecular complexity index is 3420. The van der Waals surface area contributed by atoms with Gasteiger partial charge in [0.25, 0.3) is 0 Å². The zero-order chi connectivity index (χ0) is 36.6. The summed E-state index contributed by atoms with van der Waals surface area (Å²) in [5, 5.41) is 16.8. The Morgan fingerprint density at radius 3 is 1.85 bits per heavy atom. The number of rotatable bonds is 4. The third-order valence-corrected chi connectivity index (χ3v) is 10.9. The molecule has 8 aromatic carbocycles. The van der Waals surface area contributed by atoms with Gasteiger partial charge in [-0.05, 0) is 95.1 Å². The lowest BCUT2D eigenvalue weighted by molar-refractivity contribution is 0.673. The molecule has 0 saturated carbocycles. The van der Waals surface area contributed by atoms with Crippen molar-refractivity contribution < 1.29 is 4.42 Å². The Morgan fingerprint density at radius 1 is 0.491 bits per heavy atom. The average molecular weight is 701 g/mol. The molecule has 3 aromatic heterocycles. The van der Waals surface area contributed by atoms with E-state index in [1.807, 2.05) is 36.4 Å². The van der Waals surface area contributed by atoms with Crippen LogP contribution >= 0.6 is 0 Å². The van der Waals surface area contributed by atoms with Crippen molar-refractivity contribution in [1.82, 2.24) is 9.13 Å². The van der Waals surface area contributed by atoms with Gasteiger partial charge in [-0.15, -0.1) is 0 Å². The van der Waals surface area contributed by atoms with E-state index in [4.69, 9.17) is 11.0 Å². The van der Waals surface area contributed by atoms with Crippen LogP contribution in [0.3, 0.4) is 0 Å². The number of nitriles is 1. The first-order valence-corrected chi connectivity index (χ1v) is 18.2. The predicted octanol–water partition coefficient (Wildman–Crippen LogP) is 13.5. The minimum absolute atomic E-state index is 0.573. The lowest BCUT2D eigenvalue weighted by atomic mass is 9.93. The van der Waals surface area contributed by atoms with E-state index < -0.39 is 0 Å². The molecule has 5 heteroatoms. The summed E-state index contributed by atoms with van der Waals surface area (Å²) in [6, 6.07) is 61.0. The monoisotopic (exact) mass is 700 g/mol. The fourth-order valence-electron chi connectivity index (χ4n) is 8.58. The Balaban J connectivity index is 1.11. The molecule has 0 fully saturated rings. The third-order valence-electron chi connectivity index (χ3n) is 10.9. The van der Waals surface area contributed by atoms with Crippen molar-refractivity contribution in [3.05, 3.63) is 187 Å². The van der Waals surface area contributed by atoms with Gasteiger partial charge in [-0.2, -0.15) is 5.26 Å². The topological polar surface area (TPSA) is 51.1 Å². The van der Waals surface area contributed by atoms with Gasteiger partial charge >= 0.3 is 0 Å². The number of aromatic nitrogens is 2. The highest BCUT2D eigenvalue weighted by Crippen LogP contribution is 2.43. The summed E-state index contributed by atoms with van der Waals surface area (Å²) in [6.07, 6.45) is 0. The van der Waals surface area contributed by atoms with Gasteiger partial charge in [0.1, 0.15) is 11.2 Å². The first-order valence-electron chi connectivity index (χ1n) is 18.2. The second-order valence-electron chi connectivity index (χ2n) is 13.9. The molecule has 0 unspecified atom stereocenters. The SMILES string of the molecule is [C-]#[N+]c1ccc2oc3c(ccc4c3c3ccccc3n4-c3cc(C#N)cc(-c4ccccc4-c4cccc(-n5c6ccccc6c6ccccc65)c4)c3)c2c1. The number of hydrogen-bond acceptors (Lipinski definition) is 2. The number of fused-ring (bicyclic) bond motifs is 10. The molecule has 0 N–H and O–H groups in total. The van der Waals surface area contributed by atoms with E-state index in [1.165, 1.54) is 21.8 Å². The quantitative estimate of drug-likeness (QED) is 0.172. The van der Waals surface area contributed by atoms with Crippen LogP contribution in [-0.4, -0.2) is 9.13 Å². The molecule has 254 valence electrons. The number of hydrogen-bond donors (Lipinski definition) is 0. The minimum Gasteiger partial charge on any atom is -0.455 e. The van der Waals surface area contributed by atoms with E-state index in [0.717, 1.165) is 77.4 Å². The number of furan rings is 1. The van der Waals surface area contributed by atoms with Crippen molar-refractivity contribution in [3.8, 4) is 39.7 Å². The van der Waals surface area contributed by atoms with Crippen LogP contribution in [0.25, 0.3) is 104 Å². The summed E-state index contributed by atoms with van der Waals surface area (Å²) in [4.78, 5) is 3.65. The fourth-order valence-corrected chi connectivity index (χ4v) is 8.58. The van der Waals surface area contributed by atoms with Crippen LogP contribution in [-0.2, 0) is 0 Å². The molecule has 0 radical (unpaired) electrons. The standard InChI is InChI=1S/C50H28N4O/c1-52-34-21-24-48-43(29-34)41-22-23-47-49(50(41)55-48)42-17-6-9-20-46(42)54(47)36-26-31(30-51)25-33(28-36)38-14-3-2-13-37(38)32-11-10-12-35(27-32)53-44-18-7-4-15-39(44)40-16-5-8-19-45(40)53/h2-29H. The molecule has 11 rings (SSSR count). The van der Waals surface area contributed by atoms with E-state index in [2.05, 4.69) is 147 Å². The molecule has 0 saturated heterocycles. The van der Waals surface area contributed by atoms with Gasteiger partial charge in [-0.1, -0.05) is 97.1 Å². The van der Waals surface area contributed by atoms with Crippen molar-refractivity contribution in [2.24, 2.45) is 0 Å². The van der Waals surface area contributed by atoms with E-state index in [1.54, 1.807) is 6.07 Å². The second-order valence-corrected chi connectivity index (χ2v) is 13.9. The van der Waals surface area contributed by atoms with Crippen LogP contribution in [0.15, 0.2) is 174 Å². The lowest BCUT2D eigenvalue weighted by Gasteiger charge is -2.15. The number of para-hydroxylation sites is 3. The summed E-state index contributed by atoms with van der Waals surface area (Å²) in [7, 11) is 0. The first kappa shape index (κ1) is 30.7. The molecule has 0 atom stereocenters. The Labute approximate surface area is 315 Å². The first-order chi connectivity index (χ1) is 27.2. The van der Waals surface area contributed by atoms with E-state index in [-0.39, 0.29) is 0 Å². The van der Waals surface area contributed by atoms with Gasteiger partial charge in [0.05, 0.1) is 45.7 Å². The van der Waals surface area contributed by atoms with Gasteiger partial charge in [0.15, 0.2) is 5.69 Å². The van der Waals surface area contributed by atoms with Crippen molar-refractivity contribution in [2.75, 3.05) is 0 Å². The highest BCUT2D eigenvalue weighted by molar-refractivity contribution is 6.24. The van der Waals surface area contributed by atoms with Crippen molar-refractivity contribution >= 4 is 71.2 Å². The smallest absolute Gasteiger partial charge is 0.188 e. The fraction of sp³-hybridized carbons (Fsp3) is 0. The van der Waals surface area contributed by atoms with Crippen LogP contribution in [0.4, 0.5) is 5.69 Å². The van der Waals surface area contributed by atoms with E-state index in [0.29, 0.717) is 11.3 Å². The zero-order valence-corrected chi connectivity index (χ0v) is 29.4. The normalized spacial score (nSPS) is 11.6. The van der Waals surface area contributed by atoms with Gasteiger partial charge in [0.2, 0.25) is 0 Å². The Morgan fingerprint density at radius 2 is 1.13 bits per heavy atom. The summed E-state index contributed by atoms with van der Waals surface area (Å²) in [5.41, 5.74) is 13.1. The van der Waals surface area contributed by atoms with Crippen LogP contribution in [0, 0.1) is 17.9 Å². The molecular formula is C50H28N4O. The molecule has 0 spiro atoms. The maximum atomic E-state index is 10.4. The maximum absolute atomic E-state index is 10.4. The lowest BCUT2D eigenvalue weighted by Crippen LogP contribution is -1.97. The molecular weight excluding hydrogens is 673 g/mol. The Hall–Kier alpha value is -7.86.